The number of benzene rings is 1. The summed E-state index contributed by atoms with van der Waals surface area (Å²) in [5.74, 6) is 1.40. The first-order valence-corrected chi connectivity index (χ1v) is 6.20. The Kier molecular flexibility index (Phi) is 3.02. The molecule has 1 aliphatic heterocycles. The molecule has 0 amide bonds. The fraction of sp³-hybridized carbons (Fsp3) is 0.357. The second kappa shape index (κ2) is 4.82. The molecule has 0 saturated carbocycles. The molecule has 0 bridgehead atoms. The molecule has 1 aromatic heterocycles. The molecule has 0 spiro atoms. The van der Waals surface area contributed by atoms with Gasteiger partial charge in [-0.15, -0.1) is 0 Å². The summed E-state index contributed by atoms with van der Waals surface area (Å²) in [6, 6.07) is 8.08. The highest BCUT2D eigenvalue weighted by Crippen LogP contribution is 2.31. The molecule has 2 heterocycles. The number of oxazole rings is 1. The summed E-state index contributed by atoms with van der Waals surface area (Å²) in [6.07, 6.45) is 4.06. The van der Waals surface area contributed by atoms with Crippen LogP contribution in [-0.2, 0) is 0 Å². The van der Waals surface area contributed by atoms with Crippen LogP contribution in [0.25, 0.3) is 11.5 Å². The number of methoxy groups -OCH3 is 1. The van der Waals surface area contributed by atoms with Crippen molar-refractivity contribution < 1.29 is 9.15 Å². The predicted octanol–water partition coefficient (Wildman–Crippen LogP) is 2.77. The van der Waals surface area contributed by atoms with Gasteiger partial charge in [-0.05, 0) is 31.5 Å². The Labute approximate surface area is 106 Å². The molecule has 1 atom stereocenters. The van der Waals surface area contributed by atoms with Gasteiger partial charge in [-0.25, -0.2) is 4.98 Å². The van der Waals surface area contributed by atoms with Gasteiger partial charge < -0.3 is 14.5 Å². The zero-order valence-electron chi connectivity index (χ0n) is 10.3. The van der Waals surface area contributed by atoms with Gasteiger partial charge in [-0.1, -0.05) is 12.1 Å². The van der Waals surface area contributed by atoms with Crippen LogP contribution in [0.4, 0.5) is 0 Å². The van der Waals surface area contributed by atoms with Gasteiger partial charge in [0.25, 0.3) is 0 Å². The van der Waals surface area contributed by atoms with E-state index in [1.165, 1.54) is 6.42 Å². The van der Waals surface area contributed by atoms with Gasteiger partial charge in [-0.3, -0.25) is 0 Å². The third-order valence-corrected chi connectivity index (χ3v) is 3.28. The minimum atomic E-state index is 0.331. The molecule has 1 unspecified atom stereocenters. The molecule has 94 valence electrons. The molecule has 2 aromatic rings. The maximum atomic E-state index is 5.57. The summed E-state index contributed by atoms with van der Waals surface area (Å²) in [4.78, 5) is 4.56. The molecule has 0 aliphatic carbocycles. The summed E-state index contributed by atoms with van der Waals surface area (Å²) in [5, 5.41) is 3.41. The van der Waals surface area contributed by atoms with E-state index in [2.05, 4.69) is 10.3 Å². The van der Waals surface area contributed by atoms with Crippen molar-refractivity contribution >= 4 is 0 Å². The second-order valence-corrected chi connectivity index (χ2v) is 4.43. The molecule has 3 rings (SSSR count). The van der Waals surface area contributed by atoms with E-state index >= 15 is 0 Å². The lowest BCUT2D eigenvalue weighted by atomic mass is 10.2. The largest absolute Gasteiger partial charge is 0.496 e. The zero-order valence-corrected chi connectivity index (χ0v) is 10.3. The van der Waals surface area contributed by atoms with Gasteiger partial charge in [0, 0.05) is 0 Å². The molecule has 1 N–H and O–H groups in total. The first-order valence-electron chi connectivity index (χ1n) is 6.20. The van der Waals surface area contributed by atoms with Crippen molar-refractivity contribution in [3.05, 3.63) is 36.2 Å². The number of rotatable bonds is 3. The highest BCUT2D eigenvalue weighted by molar-refractivity contribution is 5.62. The van der Waals surface area contributed by atoms with Gasteiger partial charge in [0.2, 0.25) is 5.89 Å². The van der Waals surface area contributed by atoms with E-state index in [1.807, 2.05) is 24.3 Å². The predicted molar refractivity (Wildman–Crippen MR) is 68.5 cm³/mol. The van der Waals surface area contributed by atoms with Gasteiger partial charge in [0.05, 0.1) is 24.4 Å². The van der Waals surface area contributed by atoms with Crippen LogP contribution in [0.15, 0.2) is 34.9 Å². The number of ether oxygens (including phenoxy) is 1. The number of para-hydroxylation sites is 1. The maximum Gasteiger partial charge on any atom is 0.229 e. The summed E-state index contributed by atoms with van der Waals surface area (Å²) >= 11 is 0. The molecule has 0 radical (unpaired) electrons. The molecular weight excluding hydrogens is 228 g/mol. The van der Waals surface area contributed by atoms with Crippen LogP contribution in [0, 0.1) is 0 Å². The zero-order chi connectivity index (χ0) is 12.4. The fourth-order valence-corrected chi connectivity index (χ4v) is 2.33. The van der Waals surface area contributed by atoms with Gasteiger partial charge in [0.15, 0.2) is 0 Å². The van der Waals surface area contributed by atoms with Crippen molar-refractivity contribution in [3.8, 4) is 17.2 Å². The standard InChI is InChI=1S/C14H16N2O2/c1-17-13-7-3-2-5-10(13)14-16-12(9-18-14)11-6-4-8-15-11/h2-3,5,7,9,11,15H,4,6,8H2,1H3. The molecule has 4 nitrogen and oxygen atoms in total. The average Bonchev–Trinajstić information content (AvgIpc) is 3.09. The van der Waals surface area contributed by atoms with Crippen molar-refractivity contribution in [2.45, 2.75) is 18.9 Å². The Morgan fingerprint density at radius 2 is 2.28 bits per heavy atom. The third-order valence-electron chi connectivity index (χ3n) is 3.28. The number of hydrogen-bond donors (Lipinski definition) is 1. The SMILES string of the molecule is COc1ccccc1-c1nc(C2CCCN2)co1. The van der Waals surface area contributed by atoms with Crippen molar-refractivity contribution in [1.29, 1.82) is 0 Å². The lowest BCUT2D eigenvalue weighted by molar-refractivity contribution is 0.414. The summed E-state index contributed by atoms with van der Waals surface area (Å²) in [5.41, 5.74) is 1.87. The summed E-state index contributed by atoms with van der Waals surface area (Å²) in [6.45, 7) is 1.06. The minimum Gasteiger partial charge on any atom is -0.496 e. The third kappa shape index (κ3) is 1.99. The smallest absolute Gasteiger partial charge is 0.229 e. The normalized spacial score (nSPS) is 19.1. The number of nitrogens with zero attached hydrogens (tertiary/aromatic N) is 1. The van der Waals surface area contributed by atoms with Crippen LogP contribution in [0.1, 0.15) is 24.6 Å². The lowest BCUT2D eigenvalue weighted by Gasteiger charge is -2.05. The first-order chi connectivity index (χ1) is 8.88. The Morgan fingerprint density at radius 1 is 1.39 bits per heavy atom. The van der Waals surface area contributed by atoms with E-state index in [4.69, 9.17) is 9.15 Å². The van der Waals surface area contributed by atoms with Crippen LogP contribution in [0.5, 0.6) is 5.75 Å². The van der Waals surface area contributed by atoms with Crippen molar-refractivity contribution in [3.63, 3.8) is 0 Å². The van der Waals surface area contributed by atoms with Gasteiger partial charge in [0.1, 0.15) is 12.0 Å². The van der Waals surface area contributed by atoms with E-state index in [0.717, 1.165) is 30.0 Å². The number of aromatic nitrogens is 1. The van der Waals surface area contributed by atoms with Crippen LogP contribution in [-0.4, -0.2) is 18.6 Å². The van der Waals surface area contributed by atoms with E-state index in [9.17, 15) is 0 Å². The summed E-state index contributed by atoms with van der Waals surface area (Å²) < 4.78 is 10.9. The lowest BCUT2D eigenvalue weighted by Crippen LogP contribution is -2.12. The molecule has 4 heteroatoms. The van der Waals surface area contributed by atoms with Gasteiger partial charge in [-0.2, -0.15) is 0 Å². The van der Waals surface area contributed by atoms with Crippen molar-refractivity contribution in [2.24, 2.45) is 0 Å². The minimum absolute atomic E-state index is 0.331. The van der Waals surface area contributed by atoms with Crippen LogP contribution >= 0.6 is 0 Å². The molecule has 1 aliphatic rings. The van der Waals surface area contributed by atoms with Crippen LogP contribution in [0.3, 0.4) is 0 Å². The highest BCUT2D eigenvalue weighted by atomic mass is 16.5. The average molecular weight is 244 g/mol. The van der Waals surface area contributed by atoms with Crippen LogP contribution in [0.2, 0.25) is 0 Å². The maximum absolute atomic E-state index is 5.57. The summed E-state index contributed by atoms with van der Waals surface area (Å²) in [7, 11) is 1.65. The number of hydrogen-bond acceptors (Lipinski definition) is 4. The Balaban J connectivity index is 1.92. The van der Waals surface area contributed by atoms with Crippen molar-refractivity contribution in [2.75, 3.05) is 13.7 Å². The number of nitrogens with one attached hydrogen (secondary N) is 1. The molecular formula is C14H16N2O2. The first kappa shape index (κ1) is 11.3. The molecule has 18 heavy (non-hydrogen) atoms. The Hall–Kier alpha value is -1.81. The Bertz CT molecular complexity index is 530. The van der Waals surface area contributed by atoms with E-state index < -0.39 is 0 Å². The highest BCUT2D eigenvalue weighted by Gasteiger charge is 2.21. The fourth-order valence-electron chi connectivity index (χ4n) is 2.33. The van der Waals surface area contributed by atoms with Gasteiger partial charge >= 0.3 is 0 Å². The topological polar surface area (TPSA) is 47.3 Å². The van der Waals surface area contributed by atoms with E-state index in [-0.39, 0.29) is 0 Å². The quantitative estimate of drug-likeness (QED) is 0.901. The monoisotopic (exact) mass is 244 g/mol. The molecule has 1 aromatic carbocycles. The van der Waals surface area contributed by atoms with Crippen LogP contribution < -0.4 is 10.1 Å². The Morgan fingerprint density at radius 3 is 3.06 bits per heavy atom. The molecule has 1 fully saturated rings. The second-order valence-electron chi connectivity index (χ2n) is 4.43. The van der Waals surface area contributed by atoms with E-state index in [1.54, 1.807) is 13.4 Å². The van der Waals surface area contributed by atoms with Crippen molar-refractivity contribution in [1.82, 2.24) is 10.3 Å². The molecule has 1 saturated heterocycles. The van der Waals surface area contributed by atoms with E-state index in [0.29, 0.717) is 11.9 Å².